The van der Waals surface area contributed by atoms with E-state index in [-0.39, 0.29) is 0 Å². The molecule has 1 aliphatic rings. The zero-order valence-corrected chi connectivity index (χ0v) is 14.4. The second-order valence-corrected chi connectivity index (χ2v) is 6.94. The lowest BCUT2D eigenvalue weighted by Gasteiger charge is -2.29. The fourth-order valence-electron chi connectivity index (χ4n) is 3.60. The van der Waals surface area contributed by atoms with Crippen molar-refractivity contribution in [2.45, 2.75) is 19.3 Å². The second kappa shape index (κ2) is 6.76. The third-order valence-electron chi connectivity index (χ3n) is 5.09. The molecule has 0 amide bonds. The van der Waals surface area contributed by atoms with Gasteiger partial charge in [0.1, 0.15) is 5.69 Å². The smallest absolute Gasteiger partial charge is 0.170 e. The summed E-state index contributed by atoms with van der Waals surface area (Å²) in [5.41, 5.74) is 4.53. The minimum atomic E-state index is 0.411. The average Bonchev–Trinajstić information content (AvgIpc) is 3.07. The van der Waals surface area contributed by atoms with Crippen LogP contribution < -0.4 is 0 Å². The zero-order chi connectivity index (χ0) is 17.2. The van der Waals surface area contributed by atoms with Crippen LogP contribution in [-0.4, -0.2) is 45.9 Å². The topological polar surface area (TPSA) is 50.5 Å². The van der Waals surface area contributed by atoms with E-state index in [0.29, 0.717) is 5.69 Å². The average molecular weight is 334 g/mol. The van der Waals surface area contributed by atoms with Crippen LogP contribution in [0.1, 0.15) is 28.9 Å². The number of piperidine rings is 1. The molecule has 1 fully saturated rings. The molecular weight excluding hydrogens is 312 g/mol. The summed E-state index contributed by atoms with van der Waals surface area (Å²) in [6.07, 6.45) is 6.23. The number of likely N-dealkylation sites (tertiary alicyclic amines) is 1. The van der Waals surface area contributed by atoms with Crippen molar-refractivity contribution in [2.75, 3.05) is 20.1 Å². The van der Waals surface area contributed by atoms with E-state index in [2.05, 4.69) is 46.3 Å². The highest BCUT2D eigenvalue weighted by molar-refractivity contribution is 5.72. The minimum absolute atomic E-state index is 0.411. The number of carbonyl (C=O) groups is 1. The lowest BCUT2D eigenvalue weighted by atomic mass is 9.90. The monoisotopic (exact) mass is 334 g/mol. The van der Waals surface area contributed by atoms with Crippen LogP contribution in [0.2, 0.25) is 0 Å². The van der Waals surface area contributed by atoms with Crippen molar-refractivity contribution in [2.24, 2.45) is 5.92 Å². The molecule has 1 saturated heterocycles. The Morgan fingerprint density at radius 2 is 2.04 bits per heavy atom. The van der Waals surface area contributed by atoms with E-state index in [1.54, 1.807) is 10.6 Å². The number of fused-ring (bicyclic) bond motifs is 1. The largest absolute Gasteiger partial charge is 0.306 e. The van der Waals surface area contributed by atoms with Gasteiger partial charge in [0.15, 0.2) is 11.9 Å². The molecule has 4 rings (SSSR count). The molecule has 0 spiro atoms. The Morgan fingerprint density at radius 1 is 1.20 bits per heavy atom. The van der Waals surface area contributed by atoms with Gasteiger partial charge < -0.3 is 4.90 Å². The highest BCUT2D eigenvalue weighted by Crippen LogP contribution is 2.25. The third kappa shape index (κ3) is 3.33. The van der Waals surface area contributed by atoms with E-state index in [4.69, 9.17) is 0 Å². The first kappa shape index (κ1) is 16.0. The maximum Gasteiger partial charge on any atom is 0.170 e. The Labute approximate surface area is 147 Å². The van der Waals surface area contributed by atoms with Crippen LogP contribution in [0, 0.1) is 5.92 Å². The highest BCUT2D eigenvalue weighted by atomic mass is 16.1. The number of carbonyl (C=O) groups excluding carboxylic acids is 1. The van der Waals surface area contributed by atoms with Crippen LogP contribution in [-0.2, 0) is 6.42 Å². The van der Waals surface area contributed by atoms with Crippen LogP contribution in [0.4, 0.5) is 0 Å². The van der Waals surface area contributed by atoms with Gasteiger partial charge in [-0.2, -0.15) is 5.10 Å². The Bertz CT molecular complexity index is 894. The molecule has 0 N–H and O–H groups in total. The van der Waals surface area contributed by atoms with E-state index in [0.717, 1.165) is 35.5 Å². The van der Waals surface area contributed by atoms with Crippen molar-refractivity contribution in [1.82, 2.24) is 19.5 Å². The molecule has 0 unspecified atom stereocenters. The minimum Gasteiger partial charge on any atom is -0.306 e. The SMILES string of the molecule is CN1CCC(Cc2cccc(-c3cnc4ccc(C=O)nn34)c2)CC1. The normalized spacial score (nSPS) is 16.4. The van der Waals surface area contributed by atoms with E-state index >= 15 is 0 Å². The summed E-state index contributed by atoms with van der Waals surface area (Å²) < 4.78 is 1.75. The highest BCUT2D eigenvalue weighted by Gasteiger charge is 2.17. The van der Waals surface area contributed by atoms with Crippen molar-refractivity contribution in [1.29, 1.82) is 0 Å². The maximum atomic E-state index is 11.0. The van der Waals surface area contributed by atoms with Crippen molar-refractivity contribution in [3.8, 4) is 11.3 Å². The Hall–Kier alpha value is -2.53. The van der Waals surface area contributed by atoms with E-state index in [1.165, 1.54) is 31.5 Å². The van der Waals surface area contributed by atoms with Crippen LogP contribution in [0.25, 0.3) is 16.9 Å². The van der Waals surface area contributed by atoms with Gasteiger partial charge in [0.2, 0.25) is 0 Å². The van der Waals surface area contributed by atoms with Crippen LogP contribution >= 0.6 is 0 Å². The summed E-state index contributed by atoms with van der Waals surface area (Å²) in [5.74, 6) is 0.758. The van der Waals surface area contributed by atoms with Gasteiger partial charge in [-0.05, 0) is 69.1 Å². The second-order valence-electron chi connectivity index (χ2n) is 6.94. The molecule has 3 heterocycles. The molecule has 1 aromatic carbocycles. The Morgan fingerprint density at radius 3 is 2.84 bits per heavy atom. The fraction of sp³-hybridized carbons (Fsp3) is 0.350. The molecule has 3 aromatic rings. The molecule has 0 atom stereocenters. The van der Waals surface area contributed by atoms with Crippen molar-refractivity contribution >= 4 is 11.9 Å². The summed E-state index contributed by atoms with van der Waals surface area (Å²) >= 11 is 0. The van der Waals surface area contributed by atoms with Crippen LogP contribution in [0.15, 0.2) is 42.6 Å². The lowest BCUT2D eigenvalue weighted by molar-refractivity contribution is 0.111. The quantitative estimate of drug-likeness (QED) is 0.688. The number of hydrogen-bond acceptors (Lipinski definition) is 4. The third-order valence-corrected chi connectivity index (χ3v) is 5.09. The standard InChI is InChI=1S/C20H22N4O/c1-23-9-7-15(8-10-23)11-16-3-2-4-17(12-16)19-13-21-20-6-5-18(14-25)22-24(19)20/h2-6,12-15H,7-11H2,1H3. The van der Waals surface area contributed by atoms with Crippen molar-refractivity contribution < 1.29 is 4.79 Å². The predicted octanol–water partition coefficient (Wildman–Crippen LogP) is 3.09. The van der Waals surface area contributed by atoms with Crippen LogP contribution in [0.3, 0.4) is 0 Å². The van der Waals surface area contributed by atoms with Crippen molar-refractivity contribution in [3.63, 3.8) is 0 Å². The van der Waals surface area contributed by atoms with Gasteiger partial charge in [-0.1, -0.05) is 18.2 Å². The number of imidazole rings is 1. The molecular formula is C20H22N4O. The van der Waals surface area contributed by atoms with Gasteiger partial charge in [0.25, 0.3) is 0 Å². The molecule has 25 heavy (non-hydrogen) atoms. The van der Waals surface area contributed by atoms with Gasteiger partial charge in [0.05, 0.1) is 11.9 Å². The first-order valence-corrected chi connectivity index (χ1v) is 8.81. The molecule has 1 aliphatic heterocycles. The number of hydrogen-bond donors (Lipinski definition) is 0. The summed E-state index contributed by atoms with van der Waals surface area (Å²) in [4.78, 5) is 17.8. The van der Waals surface area contributed by atoms with E-state index < -0.39 is 0 Å². The lowest BCUT2D eigenvalue weighted by Crippen LogP contribution is -2.30. The Balaban J connectivity index is 1.62. The number of aldehydes is 1. The summed E-state index contributed by atoms with van der Waals surface area (Å²) in [5, 5.41) is 4.36. The first-order chi connectivity index (χ1) is 12.2. The summed E-state index contributed by atoms with van der Waals surface area (Å²) in [6, 6.07) is 12.1. The molecule has 0 saturated carbocycles. The number of aromatic nitrogens is 3. The van der Waals surface area contributed by atoms with Crippen molar-refractivity contribution in [3.05, 3.63) is 53.9 Å². The molecule has 5 nitrogen and oxygen atoms in total. The fourth-order valence-corrected chi connectivity index (χ4v) is 3.60. The molecule has 2 aromatic heterocycles. The molecule has 128 valence electrons. The molecule has 0 aliphatic carbocycles. The van der Waals surface area contributed by atoms with Gasteiger partial charge in [0, 0.05) is 5.56 Å². The maximum absolute atomic E-state index is 11.0. The number of benzene rings is 1. The predicted molar refractivity (Wildman–Crippen MR) is 97.7 cm³/mol. The summed E-state index contributed by atoms with van der Waals surface area (Å²) in [7, 11) is 2.20. The number of nitrogens with zero attached hydrogens (tertiary/aromatic N) is 4. The Kier molecular flexibility index (Phi) is 4.32. The molecule has 0 bridgehead atoms. The first-order valence-electron chi connectivity index (χ1n) is 8.81. The number of rotatable bonds is 4. The van der Waals surface area contributed by atoms with E-state index in [9.17, 15) is 4.79 Å². The summed E-state index contributed by atoms with van der Waals surface area (Å²) in [6.45, 7) is 2.38. The van der Waals surface area contributed by atoms with E-state index in [1.807, 2.05) is 12.3 Å². The van der Waals surface area contributed by atoms with Gasteiger partial charge in [-0.25, -0.2) is 9.50 Å². The molecule has 5 heteroatoms. The van der Waals surface area contributed by atoms with Gasteiger partial charge in [-0.15, -0.1) is 0 Å². The van der Waals surface area contributed by atoms with Gasteiger partial charge >= 0.3 is 0 Å². The zero-order valence-electron chi connectivity index (χ0n) is 14.4. The van der Waals surface area contributed by atoms with Gasteiger partial charge in [-0.3, -0.25) is 4.79 Å². The van der Waals surface area contributed by atoms with Crippen LogP contribution in [0.5, 0.6) is 0 Å². The molecule has 0 radical (unpaired) electrons.